The van der Waals surface area contributed by atoms with Gasteiger partial charge in [0, 0.05) is 30.7 Å². The van der Waals surface area contributed by atoms with E-state index in [0.29, 0.717) is 30.0 Å². The zero-order chi connectivity index (χ0) is 18.6. The first kappa shape index (κ1) is 18.7. The number of carbonyl (C=O) groups excluding carboxylic acids is 1. The molecule has 0 fully saturated rings. The van der Waals surface area contributed by atoms with Crippen molar-refractivity contribution >= 4 is 17.6 Å². The summed E-state index contributed by atoms with van der Waals surface area (Å²) in [7, 11) is 0. The molecule has 6 heteroatoms. The number of nitrogens with zero attached hydrogens (tertiary/aromatic N) is 2. The zero-order valence-corrected chi connectivity index (χ0v) is 14.8. The van der Waals surface area contributed by atoms with Crippen LogP contribution >= 0.6 is 0 Å². The summed E-state index contributed by atoms with van der Waals surface area (Å²) in [6.07, 6.45) is 2.48. The Kier molecular flexibility index (Phi) is 5.96. The molecular formula is C19H23FN2O3. The van der Waals surface area contributed by atoms with Crippen molar-refractivity contribution in [2.24, 2.45) is 0 Å². The molecule has 1 amide bonds. The zero-order valence-electron chi connectivity index (χ0n) is 14.8. The number of aryl methyl sites for hydroxylation is 2. The highest BCUT2D eigenvalue weighted by Gasteiger charge is 2.23. The smallest absolute Gasteiger partial charge is 0.337 e. The third-order valence-electron chi connectivity index (χ3n) is 4.14. The van der Waals surface area contributed by atoms with Crippen LogP contribution in [0.3, 0.4) is 0 Å². The van der Waals surface area contributed by atoms with Gasteiger partial charge in [-0.3, -0.25) is 4.79 Å². The molecule has 2 aromatic rings. The lowest BCUT2D eigenvalue weighted by Gasteiger charge is -2.23. The van der Waals surface area contributed by atoms with Gasteiger partial charge in [0.25, 0.3) is 0 Å². The number of rotatable bonds is 7. The molecule has 0 saturated carbocycles. The third kappa shape index (κ3) is 4.07. The maximum Gasteiger partial charge on any atom is 0.337 e. The quantitative estimate of drug-likeness (QED) is 0.832. The summed E-state index contributed by atoms with van der Waals surface area (Å²) in [5, 5.41) is 9.48. The predicted molar refractivity (Wildman–Crippen MR) is 94.6 cm³/mol. The second-order valence-corrected chi connectivity index (χ2v) is 5.92. The van der Waals surface area contributed by atoms with Gasteiger partial charge in [0.2, 0.25) is 5.91 Å². The molecular weight excluding hydrogens is 323 g/mol. The molecule has 2 rings (SSSR count). The molecule has 0 atom stereocenters. The number of carboxylic acid groups (broad SMARTS) is 1. The van der Waals surface area contributed by atoms with Crippen molar-refractivity contribution in [1.82, 2.24) is 4.57 Å². The summed E-state index contributed by atoms with van der Waals surface area (Å²) in [6.45, 7) is 6.65. The fourth-order valence-electron chi connectivity index (χ4n) is 2.99. The molecule has 0 aliphatic heterocycles. The Morgan fingerprint density at radius 3 is 2.36 bits per heavy atom. The Morgan fingerprint density at radius 1 is 1.20 bits per heavy atom. The van der Waals surface area contributed by atoms with E-state index in [4.69, 9.17) is 0 Å². The molecule has 0 aliphatic carbocycles. The number of aromatic carboxylic acids is 1. The van der Waals surface area contributed by atoms with Crippen LogP contribution in [0.2, 0.25) is 0 Å². The molecule has 0 bridgehead atoms. The second-order valence-electron chi connectivity index (χ2n) is 5.92. The van der Waals surface area contributed by atoms with Crippen LogP contribution < -0.4 is 4.90 Å². The third-order valence-corrected chi connectivity index (χ3v) is 4.14. The van der Waals surface area contributed by atoms with E-state index >= 15 is 0 Å². The minimum absolute atomic E-state index is 0.0132. The van der Waals surface area contributed by atoms with Crippen molar-refractivity contribution in [2.75, 3.05) is 11.4 Å². The SMILES string of the molecule is CCCN(C(=O)Cc1c(C(=O)O)c(C)cn1CC)c1ccc(F)cc1. The predicted octanol–water partition coefficient (Wildman–Crippen LogP) is 3.64. The van der Waals surface area contributed by atoms with E-state index in [1.54, 1.807) is 34.7 Å². The van der Waals surface area contributed by atoms with E-state index in [1.165, 1.54) is 12.1 Å². The normalized spacial score (nSPS) is 10.7. The van der Waals surface area contributed by atoms with Crippen molar-refractivity contribution in [3.05, 3.63) is 53.1 Å². The maximum absolute atomic E-state index is 13.2. The van der Waals surface area contributed by atoms with Gasteiger partial charge in [-0.2, -0.15) is 0 Å². The van der Waals surface area contributed by atoms with Gasteiger partial charge in [-0.25, -0.2) is 9.18 Å². The molecule has 0 unspecified atom stereocenters. The number of carbonyl (C=O) groups is 2. The van der Waals surface area contributed by atoms with Gasteiger partial charge in [-0.15, -0.1) is 0 Å². The van der Waals surface area contributed by atoms with Crippen molar-refractivity contribution in [2.45, 2.75) is 40.2 Å². The Labute approximate surface area is 146 Å². The summed E-state index contributed by atoms with van der Waals surface area (Å²) in [6, 6.07) is 5.75. The molecule has 134 valence electrons. The van der Waals surface area contributed by atoms with Gasteiger partial charge in [0.1, 0.15) is 5.82 Å². The fourth-order valence-corrected chi connectivity index (χ4v) is 2.99. The number of benzene rings is 1. The maximum atomic E-state index is 13.2. The Hall–Kier alpha value is -2.63. The van der Waals surface area contributed by atoms with E-state index in [-0.39, 0.29) is 23.7 Å². The molecule has 1 aromatic carbocycles. The van der Waals surface area contributed by atoms with Gasteiger partial charge >= 0.3 is 5.97 Å². The molecule has 0 radical (unpaired) electrons. The van der Waals surface area contributed by atoms with E-state index in [0.717, 1.165) is 6.42 Å². The van der Waals surface area contributed by atoms with Crippen molar-refractivity contribution in [1.29, 1.82) is 0 Å². The van der Waals surface area contributed by atoms with Crippen LogP contribution in [0.4, 0.5) is 10.1 Å². The second kappa shape index (κ2) is 7.96. The lowest BCUT2D eigenvalue weighted by molar-refractivity contribution is -0.118. The van der Waals surface area contributed by atoms with Crippen molar-refractivity contribution in [3.8, 4) is 0 Å². The van der Waals surface area contributed by atoms with Gasteiger partial charge in [-0.1, -0.05) is 6.92 Å². The molecule has 25 heavy (non-hydrogen) atoms. The average Bonchev–Trinajstić information content (AvgIpc) is 2.89. The molecule has 1 aromatic heterocycles. The van der Waals surface area contributed by atoms with Crippen LogP contribution in [-0.2, 0) is 17.8 Å². The van der Waals surface area contributed by atoms with Crippen LogP contribution in [0.15, 0.2) is 30.5 Å². The highest BCUT2D eigenvalue weighted by Crippen LogP contribution is 2.21. The van der Waals surface area contributed by atoms with Crippen molar-refractivity contribution in [3.63, 3.8) is 0 Å². The number of amides is 1. The Morgan fingerprint density at radius 2 is 1.84 bits per heavy atom. The van der Waals surface area contributed by atoms with Gasteiger partial charge in [-0.05, 0) is 50.1 Å². The molecule has 0 spiro atoms. The number of halogens is 1. The average molecular weight is 346 g/mol. The highest BCUT2D eigenvalue weighted by atomic mass is 19.1. The van der Waals surface area contributed by atoms with Crippen molar-refractivity contribution < 1.29 is 19.1 Å². The van der Waals surface area contributed by atoms with E-state index in [9.17, 15) is 19.1 Å². The lowest BCUT2D eigenvalue weighted by Crippen LogP contribution is -2.34. The number of carboxylic acids is 1. The fraction of sp³-hybridized carbons (Fsp3) is 0.368. The standard InChI is InChI=1S/C19H23FN2O3/c1-4-10-22(15-8-6-14(20)7-9-15)17(23)11-16-18(19(24)25)13(3)12-21(16)5-2/h6-9,12H,4-5,10-11H2,1-3H3,(H,24,25). The Bertz CT molecular complexity index is 766. The number of hydrogen-bond donors (Lipinski definition) is 1. The topological polar surface area (TPSA) is 62.5 Å². The molecule has 0 saturated heterocycles. The molecule has 5 nitrogen and oxygen atoms in total. The first-order valence-electron chi connectivity index (χ1n) is 8.36. The van der Waals surface area contributed by atoms with Crippen LogP contribution in [0.1, 0.15) is 41.9 Å². The lowest BCUT2D eigenvalue weighted by atomic mass is 10.1. The Balaban J connectivity index is 2.36. The summed E-state index contributed by atoms with van der Waals surface area (Å²) < 4.78 is 15.0. The number of aromatic nitrogens is 1. The number of anilines is 1. The van der Waals surface area contributed by atoms with Crippen LogP contribution in [0, 0.1) is 12.7 Å². The monoisotopic (exact) mass is 346 g/mol. The largest absolute Gasteiger partial charge is 0.478 e. The van der Waals surface area contributed by atoms with Gasteiger partial charge in [0.15, 0.2) is 0 Å². The van der Waals surface area contributed by atoms with Crippen LogP contribution in [0.25, 0.3) is 0 Å². The van der Waals surface area contributed by atoms with Crippen LogP contribution in [0.5, 0.6) is 0 Å². The first-order valence-corrected chi connectivity index (χ1v) is 8.36. The molecule has 1 heterocycles. The summed E-state index contributed by atoms with van der Waals surface area (Å²) in [5.74, 6) is -1.60. The minimum Gasteiger partial charge on any atom is -0.478 e. The van der Waals surface area contributed by atoms with Gasteiger partial charge < -0.3 is 14.6 Å². The summed E-state index contributed by atoms with van der Waals surface area (Å²) in [4.78, 5) is 26.0. The summed E-state index contributed by atoms with van der Waals surface area (Å²) in [5.41, 5.74) is 1.93. The first-order chi connectivity index (χ1) is 11.9. The summed E-state index contributed by atoms with van der Waals surface area (Å²) >= 11 is 0. The molecule has 0 aliphatic rings. The van der Waals surface area contributed by atoms with Crippen LogP contribution in [-0.4, -0.2) is 28.1 Å². The van der Waals surface area contributed by atoms with Gasteiger partial charge in [0.05, 0.1) is 12.0 Å². The minimum atomic E-state index is -1.03. The van der Waals surface area contributed by atoms with E-state index in [2.05, 4.69) is 0 Å². The highest BCUT2D eigenvalue weighted by molar-refractivity contribution is 5.97. The van der Waals surface area contributed by atoms with E-state index in [1.807, 2.05) is 13.8 Å². The number of hydrogen-bond acceptors (Lipinski definition) is 2. The van der Waals surface area contributed by atoms with E-state index < -0.39 is 5.97 Å². The molecule has 1 N–H and O–H groups in total.